The predicted molar refractivity (Wildman–Crippen MR) is 70.6 cm³/mol. The molecular weight excluding hydrogens is 230 g/mol. The molecule has 4 heteroatoms. The third kappa shape index (κ3) is 2.05. The number of aryl methyl sites for hydroxylation is 1. The highest BCUT2D eigenvalue weighted by molar-refractivity contribution is 5.83. The number of fused-ring (bicyclic) bond motifs is 1. The van der Waals surface area contributed by atoms with Crippen LogP contribution in [0.4, 0.5) is 0 Å². The molecule has 1 aromatic carbocycles. The van der Waals surface area contributed by atoms with E-state index < -0.39 is 0 Å². The number of methoxy groups -OCH3 is 2. The topological polar surface area (TPSA) is 40.5 Å². The van der Waals surface area contributed by atoms with Crippen molar-refractivity contribution in [2.45, 2.75) is 13.2 Å². The van der Waals surface area contributed by atoms with Gasteiger partial charge < -0.3 is 14.0 Å². The molecule has 0 atom stereocenters. The van der Waals surface area contributed by atoms with E-state index >= 15 is 0 Å². The fourth-order valence-electron chi connectivity index (χ4n) is 2.23. The van der Waals surface area contributed by atoms with E-state index in [9.17, 15) is 4.79 Å². The molecule has 4 nitrogen and oxygen atoms in total. The number of hydrogen-bond donors (Lipinski definition) is 0. The minimum absolute atomic E-state index is 0.0254. The number of ether oxygens (including phenoxy) is 2. The molecule has 2 aromatic rings. The van der Waals surface area contributed by atoms with Gasteiger partial charge in [-0.1, -0.05) is 18.2 Å². The molecule has 0 N–H and O–H groups in total. The van der Waals surface area contributed by atoms with Gasteiger partial charge in [0.15, 0.2) is 0 Å². The molecule has 0 saturated carbocycles. The first-order valence-electron chi connectivity index (χ1n) is 5.78. The van der Waals surface area contributed by atoms with E-state index in [1.54, 1.807) is 25.8 Å². The average Bonchev–Trinajstić information content (AvgIpc) is 2.40. The first kappa shape index (κ1) is 12.8. The summed E-state index contributed by atoms with van der Waals surface area (Å²) in [6, 6.07) is 7.83. The third-order valence-corrected chi connectivity index (χ3v) is 3.09. The Morgan fingerprint density at radius 3 is 2.33 bits per heavy atom. The molecule has 2 rings (SSSR count). The van der Waals surface area contributed by atoms with Gasteiger partial charge in [-0.25, -0.2) is 0 Å². The summed E-state index contributed by atoms with van der Waals surface area (Å²) in [6.45, 7) is 0.714. The fourth-order valence-corrected chi connectivity index (χ4v) is 2.23. The standard InChI is InChI=1S/C14H17NO3/c1-15-13-7-5-4-6-10(13)11(8-17-2)12(9-18-3)14(15)16/h4-7H,8-9H2,1-3H3. The molecule has 0 spiro atoms. The second-order valence-electron chi connectivity index (χ2n) is 4.20. The van der Waals surface area contributed by atoms with Gasteiger partial charge in [0.05, 0.1) is 18.7 Å². The van der Waals surface area contributed by atoms with Crippen LogP contribution in [0.25, 0.3) is 10.9 Å². The molecule has 0 bridgehead atoms. The van der Waals surface area contributed by atoms with Crippen molar-refractivity contribution < 1.29 is 9.47 Å². The van der Waals surface area contributed by atoms with Crippen molar-refractivity contribution in [2.24, 2.45) is 7.05 Å². The zero-order valence-electron chi connectivity index (χ0n) is 10.9. The zero-order chi connectivity index (χ0) is 13.1. The molecular formula is C14H17NO3. The number of benzene rings is 1. The van der Waals surface area contributed by atoms with Gasteiger partial charge >= 0.3 is 0 Å². The van der Waals surface area contributed by atoms with Crippen LogP contribution < -0.4 is 5.56 Å². The van der Waals surface area contributed by atoms with Crippen LogP contribution in [0.5, 0.6) is 0 Å². The van der Waals surface area contributed by atoms with Gasteiger partial charge in [-0.15, -0.1) is 0 Å². The highest BCUT2D eigenvalue weighted by Gasteiger charge is 2.14. The maximum atomic E-state index is 12.3. The van der Waals surface area contributed by atoms with E-state index in [1.807, 2.05) is 24.3 Å². The van der Waals surface area contributed by atoms with Gasteiger partial charge in [-0.3, -0.25) is 4.79 Å². The maximum Gasteiger partial charge on any atom is 0.256 e. The lowest BCUT2D eigenvalue weighted by molar-refractivity contribution is 0.168. The first-order valence-corrected chi connectivity index (χ1v) is 5.78. The minimum atomic E-state index is -0.0254. The number of aromatic nitrogens is 1. The minimum Gasteiger partial charge on any atom is -0.380 e. The van der Waals surface area contributed by atoms with Gasteiger partial charge in [0, 0.05) is 32.2 Å². The average molecular weight is 247 g/mol. The Kier molecular flexibility index (Phi) is 3.79. The van der Waals surface area contributed by atoms with Crippen molar-refractivity contribution >= 4 is 10.9 Å². The van der Waals surface area contributed by atoms with Crippen LogP contribution in [-0.4, -0.2) is 18.8 Å². The second-order valence-corrected chi connectivity index (χ2v) is 4.20. The van der Waals surface area contributed by atoms with E-state index in [1.165, 1.54) is 0 Å². The van der Waals surface area contributed by atoms with Crippen molar-refractivity contribution in [3.63, 3.8) is 0 Å². The van der Waals surface area contributed by atoms with Crippen LogP contribution in [0, 0.1) is 0 Å². The van der Waals surface area contributed by atoms with E-state index in [-0.39, 0.29) is 5.56 Å². The normalized spacial score (nSPS) is 11.1. The van der Waals surface area contributed by atoms with Crippen molar-refractivity contribution in [1.82, 2.24) is 4.57 Å². The number of nitrogens with zero attached hydrogens (tertiary/aromatic N) is 1. The number of rotatable bonds is 4. The Bertz CT molecular complexity index is 616. The van der Waals surface area contributed by atoms with Crippen molar-refractivity contribution in [3.05, 3.63) is 45.7 Å². The molecule has 0 amide bonds. The number of pyridine rings is 1. The maximum absolute atomic E-state index is 12.3. The zero-order valence-corrected chi connectivity index (χ0v) is 10.9. The Hall–Kier alpha value is -1.65. The molecule has 18 heavy (non-hydrogen) atoms. The molecule has 1 heterocycles. The van der Waals surface area contributed by atoms with Gasteiger partial charge in [0.2, 0.25) is 0 Å². The van der Waals surface area contributed by atoms with Gasteiger partial charge in [0.25, 0.3) is 5.56 Å². The summed E-state index contributed by atoms with van der Waals surface area (Å²) in [5.41, 5.74) is 2.47. The lowest BCUT2D eigenvalue weighted by atomic mass is 10.0. The monoisotopic (exact) mass is 247 g/mol. The number of para-hydroxylation sites is 1. The molecule has 0 unspecified atom stereocenters. The smallest absolute Gasteiger partial charge is 0.256 e. The molecule has 0 saturated heterocycles. The van der Waals surface area contributed by atoms with Crippen LogP contribution in [-0.2, 0) is 29.7 Å². The summed E-state index contributed by atoms with van der Waals surface area (Å²) in [5, 5.41) is 1.04. The molecule has 1 aromatic heterocycles. The van der Waals surface area contributed by atoms with Gasteiger partial charge in [0.1, 0.15) is 0 Å². The summed E-state index contributed by atoms with van der Waals surface area (Å²) in [6.07, 6.45) is 0. The molecule has 0 aliphatic heterocycles. The second kappa shape index (κ2) is 5.33. The van der Waals surface area contributed by atoms with Crippen LogP contribution in [0.15, 0.2) is 29.1 Å². The molecule has 0 aliphatic carbocycles. The van der Waals surface area contributed by atoms with Gasteiger partial charge in [-0.2, -0.15) is 0 Å². The first-order chi connectivity index (χ1) is 8.70. The van der Waals surface area contributed by atoms with Crippen LogP contribution >= 0.6 is 0 Å². The van der Waals surface area contributed by atoms with E-state index in [4.69, 9.17) is 9.47 Å². The lowest BCUT2D eigenvalue weighted by Gasteiger charge is -2.14. The van der Waals surface area contributed by atoms with E-state index in [0.717, 1.165) is 16.5 Å². The lowest BCUT2D eigenvalue weighted by Crippen LogP contribution is -2.24. The van der Waals surface area contributed by atoms with Crippen LogP contribution in [0.1, 0.15) is 11.1 Å². The molecule has 0 radical (unpaired) electrons. The highest BCUT2D eigenvalue weighted by atomic mass is 16.5. The van der Waals surface area contributed by atoms with Crippen molar-refractivity contribution in [1.29, 1.82) is 0 Å². The highest BCUT2D eigenvalue weighted by Crippen LogP contribution is 2.20. The summed E-state index contributed by atoms with van der Waals surface area (Å²) in [4.78, 5) is 12.3. The third-order valence-electron chi connectivity index (χ3n) is 3.09. The Morgan fingerprint density at radius 2 is 1.67 bits per heavy atom. The fraction of sp³-hybridized carbons (Fsp3) is 0.357. The summed E-state index contributed by atoms with van der Waals surface area (Å²) in [5.74, 6) is 0. The molecule has 96 valence electrons. The van der Waals surface area contributed by atoms with Crippen molar-refractivity contribution in [3.8, 4) is 0 Å². The largest absolute Gasteiger partial charge is 0.380 e. The Labute approximate surface area is 106 Å². The van der Waals surface area contributed by atoms with E-state index in [0.29, 0.717) is 18.8 Å². The van der Waals surface area contributed by atoms with E-state index in [2.05, 4.69) is 0 Å². The summed E-state index contributed by atoms with van der Waals surface area (Å²) in [7, 11) is 4.99. The SMILES string of the molecule is COCc1c(COC)c2ccccc2n(C)c1=O. The van der Waals surface area contributed by atoms with Gasteiger partial charge in [-0.05, 0) is 11.6 Å². The quantitative estimate of drug-likeness (QED) is 0.827. The molecule has 0 aliphatic rings. The Morgan fingerprint density at radius 1 is 1.06 bits per heavy atom. The summed E-state index contributed by atoms with van der Waals surface area (Å²) >= 11 is 0. The molecule has 0 fully saturated rings. The Balaban J connectivity index is 2.84. The van der Waals surface area contributed by atoms with Crippen LogP contribution in [0.2, 0.25) is 0 Å². The van der Waals surface area contributed by atoms with Crippen molar-refractivity contribution in [2.75, 3.05) is 14.2 Å². The predicted octanol–water partition coefficient (Wildman–Crippen LogP) is 1.83. The summed E-state index contributed by atoms with van der Waals surface area (Å²) < 4.78 is 12.0. The number of hydrogen-bond acceptors (Lipinski definition) is 3. The van der Waals surface area contributed by atoms with Crippen LogP contribution in [0.3, 0.4) is 0 Å².